The van der Waals surface area contributed by atoms with Gasteiger partial charge in [0.05, 0.1) is 16.4 Å². The number of hydrogen-bond acceptors (Lipinski definition) is 4. The number of nitrogens with zero attached hydrogens (tertiary/aromatic N) is 2. The van der Waals surface area contributed by atoms with Gasteiger partial charge in [-0.05, 0) is 62.6 Å². The fraction of sp³-hybridized carbons (Fsp3) is 0.227. The Labute approximate surface area is 177 Å². The second kappa shape index (κ2) is 8.28. The molecule has 0 spiro atoms. The van der Waals surface area contributed by atoms with Gasteiger partial charge in [0.15, 0.2) is 11.8 Å². The first-order valence-electron chi connectivity index (χ1n) is 9.57. The number of carbonyl (C=O) groups is 2. The van der Waals surface area contributed by atoms with Gasteiger partial charge >= 0.3 is 5.97 Å². The molecule has 0 saturated carbocycles. The summed E-state index contributed by atoms with van der Waals surface area (Å²) >= 11 is 6.05. The van der Waals surface area contributed by atoms with Gasteiger partial charge in [0, 0.05) is 11.3 Å². The third kappa shape index (κ3) is 3.93. The molecule has 1 aliphatic rings. The molecule has 1 heterocycles. The van der Waals surface area contributed by atoms with Crippen LogP contribution in [0.15, 0.2) is 48.5 Å². The van der Waals surface area contributed by atoms with Crippen LogP contribution in [0, 0.1) is 5.82 Å². The van der Waals surface area contributed by atoms with Crippen molar-refractivity contribution in [1.29, 1.82) is 0 Å². The molecule has 1 aromatic heterocycles. The number of fused-ring (bicyclic) bond motifs is 1. The molecular weight excluding hydrogens is 409 g/mol. The highest BCUT2D eigenvalue weighted by atomic mass is 35.5. The van der Waals surface area contributed by atoms with Crippen molar-refractivity contribution in [3.8, 4) is 5.69 Å². The smallest absolute Gasteiger partial charge is 0.359 e. The first-order chi connectivity index (χ1) is 14.4. The lowest BCUT2D eigenvalue weighted by molar-refractivity contribution is -0.123. The molecule has 1 aliphatic carbocycles. The molecular formula is C22H19ClFN3O3. The third-order valence-corrected chi connectivity index (χ3v) is 5.31. The summed E-state index contributed by atoms with van der Waals surface area (Å²) in [5, 5.41) is 7.44. The molecule has 8 heteroatoms. The van der Waals surface area contributed by atoms with Crippen molar-refractivity contribution in [3.05, 3.63) is 76.3 Å². The van der Waals surface area contributed by atoms with Crippen LogP contribution in [0.1, 0.15) is 35.1 Å². The van der Waals surface area contributed by atoms with Crippen LogP contribution in [0.25, 0.3) is 5.69 Å². The summed E-state index contributed by atoms with van der Waals surface area (Å²) in [7, 11) is 0. The molecule has 0 saturated heterocycles. The summed E-state index contributed by atoms with van der Waals surface area (Å²) in [5.74, 6) is -1.51. The molecule has 0 radical (unpaired) electrons. The van der Waals surface area contributed by atoms with Crippen molar-refractivity contribution >= 4 is 29.2 Å². The Hall–Kier alpha value is -3.19. The van der Waals surface area contributed by atoms with E-state index in [1.54, 1.807) is 41.1 Å². The van der Waals surface area contributed by atoms with E-state index in [-0.39, 0.29) is 11.5 Å². The van der Waals surface area contributed by atoms with Crippen molar-refractivity contribution in [1.82, 2.24) is 9.78 Å². The number of ether oxygens (including phenoxy) is 1. The Bertz CT molecular complexity index is 1110. The van der Waals surface area contributed by atoms with Crippen LogP contribution in [0.4, 0.5) is 10.1 Å². The first kappa shape index (κ1) is 20.1. The van der Waals surface area contributed by atoms with E-state index in [1.165, 1.54) is 19.1 Å². The molecule has 2 aromatic carbocycles. The molecule has 1 amide bonds. The fourth-order valence-electron chi connectivity index (χ4n) is 3.46. The minimum atomic E-state index is -1.04. The quantitative estimate of drug-likeness (QED) is 0.615. The average Bonchev–Trinajstić information content (AvgIpc) is 3.33. The number of amides is 1. The lowest BCUT2D eigenvalue weighted by Gasteiger charge is -2.14. The number of carbonyl (C=O) groups excluding carboxylic acids is 2. The zero-order valence-electron chi connectivity index (χ0n) is 16.2. The monoisotopic (exact) mass is 427 g/mol. The number of hydrogen-bond donors (Lipinski definition) is 1. The number of anilines is 1. The highest BCUT2D eigenvalue weighted by Gasteiger charge is 2.30. The molecule has 0 bridgehead atoms. The van der Waals surface area contributed by atoms with E-state index in [2.05, 4.69) is 10.4 Å². The summed E-state index contributed by atoms with van der Waals surface area (Å²) in [6.45, 7) is 1.49. The van der Waals surface area contributed by atoms with E-state index in [4.69, 9.17) is 16.3 Å². The molecule has 30 heavy (non-hydrogen) atoms. The molecule has 0 aliphatic heterocycles. The topological polar surface area (TPSA) is 73.2 Å². The van der Waals surface area contributed by atoms with Crippen molar-refractivity contribution in [2.75, 3.05) is 5.32 Å². The van der Waals surface area contributed by atoms with Gasteiger partial charge in [-0.3, -0.25) is 4.79 Å². The molecule has 6 nitrogen and oxygen atoms in total. The predicted molar refractivity (Wildman–Crippen MR) is 111 cm³/mol. The van der Waals surface area contributed by atoms with E-state index in [0.717, 1.165) is 24.1 Å². The van der Waals surface area contributed by atoms with Gasteiger partial charge < -0.3 is 10.1 Å². The molecule has 0 fully saturated rings. The average molecular weight is 428 g/mol. The summed E-state index contributed by atoms with van der Waals surface area (Å²) in [5.41, 5.74) is 3.00. The number of nitrogens with one attached hydrogen (secondary N) is 1. The molecule has 4 rings (SSSR count). The van der Waals surface area contributed by atoms with Gasteiger partial charge in [0.1, 0.15) is 5.82 Å². The third-order valence-electron chi connectivity index (χ3n) is 4.98. The van der Waals surface area contributed by atoms with Gasteiger partial charge in [-0.25, -0.2) is 13.9 Å². The molecule has 1 unspecified atom stereocenters. The number of rotatable bonds is 5. The van der Waals surface area contributed by atoms with Crippen LogP contribution in [0.3, 0.4) is 0 Å². The number of benzene rings is 2. The van der Waals surface area contributed by atoms with Crippen LogP contribution in [0.5, 0.6) is 0 Å². The van der Waals surface area contributed by atoms with Crippen LogP contribution in [-0.2, 0) is 22.4 Å². The van der Waals surface area contributed by atoms with Gasteiger partial charge in [0.2, 0.25) is 0 Å². The number of aromatic nitrogens is 2. The summed E-state index contributed by atoms with van der Waals surface area (Å²) < 4.78 is 20.3. The SMILES string of the molecule is CC(OC(=O)c1nn(-c2ccc(F)cc2)c2c1CCC2)C(=O)Nc1ccccc1Cl. The van der Waals surface area contributed by atoms with Crippen molar-refractivity contribution in [3.63, 3.8) is 0 Å². The maximum absolute atomic E-state index is 13.3. The Morgan fingerprint density at radius 1 is 1.17 bits per heavy atom. The minimum Gasteiger partial charge on any atom is -0.448 e. The largest absolute Gasteiger partial charge is 0.448 e. The minimum absolute atomic E-state index is 0.184. The van der Waals surface area contributed by atoms with Crippen LogP contribution in [0.2, 0.25) is 5.02 Å². The molecule has 3 aromatic rings. The summed E-state index contributed by atoms with van der Waals surface area (Å²) in [6, 6.07) is 12.7. The molecule has 154 valence electrons. The normalized spacial score (nSPS) is 13.6. The second-order valence-corrected chi connectivity index (χ2v) is 7.44. The Balaban J connectivity index is 1.52. The van der Waals surface area contributed by atoms with Gasteiger partial charge in [0.25, 0.3) is 5.91 Å². The van der Waals surface area contributed by atoms with E-state index in [0.29, 0.717) is 22.8 Å². The number of para-hydroxylation sites is 1. The fourth-order valence-corrected chi connectivity index (χ4v) is 3.65. The van der Waals surface area contributed by atoms with E-state index < -0.39 is 18.0 Å². The Morgan fingerprint density at radius 3 is 2.63 bits per heavy atom. The van der Waals surface area contributed by atoms with Gasteiger partial charge in [-0.15, -0.1) is 0 Å². The van der Waals surface area contributed by atoms with Crippen LogP contribution < -0.4 is 5.32 Å². The maximum atomic E-state index is 13.3. The molecule has 1 atom stereocenters. The second-order valence-electron chi connectivity index (χ2n) is 7.03. The lowest BCUT2D eigenvalue weighted by atomic mass is 10.2. The Kier molecular flexibility index (Phi) is 5.55. The van der Waals surface area contributed by atoms with E-state index >= 15 is 0 Å². The highest BCUT2D eigenvalue weighted by molar-refractivity contribution is 6.33. The highest BCUT2D eigenvalue weighted by Crippen LogP contribution is 2.28. The zero-order chi connectivity index (χ0) is 21.3. The van der Waals surface area contributed by atoms with E-state index in [9.17, 15) is 14.0 Å². The van der Waals surface area contributed by atoms with Gasteiger partial charge in [-0.2, -0.15) is 5.10 Å². The number of halogens is 2. The van der Waals surface area contributed by atoms with Gasteiger partial charge in [-0.1, -0.05) is 23.7 Å². The lowest BCUT2D eigenvalue weighted by Crippen LogP contribution is -2.30. The molecule has 1 N–H and O–H groups in total. The maximum Gasteiger partial charge on any atom is 0.359 e. The van der Waals surface area contributed by atoms with Crippen LogP contribution >= 0.6 is 11.6 Å². The zero-order valence-corrected chi connectivity index (χ0v) is 16.9. The first-order valence-corrected chi connectivity index (χ1v) is 9.95. The predicted octanol–water partition coefficient (Wildman–Crippen LogP) is 4.34. The van der Waals surface area contributed by atoms with Crippen LogP contribution in [-0.4, -0.2) is 27.8 Å². The summed E-state index contributed by atoms with van der Waals surface area (Å²) in [4.78, 5) is 25.2. The van der Waals surface area contributed by atoms with Crippen molar-refractivity contribution in [2.24, 2.45) is 0 Å². The van der Waals surface area contributed by atoms with Crippen molar-refractivity contribution in [2.45, 2.75) is 32.3 Å². The van der Waals surface area contributed by atoms with Crippen molar-refractivity contribution < 1.29 is 18.7 Å². The van der Waals surface area contributed by atoms with E-state index in [1.807, 2.05) is 0 Å². The summed E-state index contributed by atoms with van der Waals surface area (Å²) in [6.07, 6.45) is 1.30. The Morgan fingerprint density at radius 2 is 1.90 bits per heavy atom. The number of esters is 1. The standard InChI is InChI=1S/C22H19ClFN3O3/c1-13(21(28)25-18-7-3-2-6-17(18)23)30-22(29)20-16-5-4-8-19(16)27(26-20)15-11-9-14(24)10-12-15/h2-3,6-7,9-13H,4-5,8H2,1H3,(H,25,28).